The normalized spacial score (nSPS) is 21.4. The lowest BCUT2D eigenvalue weighted by Gasteiger charge is -2.28. The lowest BCUT2D eigenvalue weighted by molar-refractivity contribution is -0.133. The van der Waals surface area contributed by atoms with Gasteiger partial charge >= 0.3 is 0 Å². The summed E-state index contributed by atoms with van der Waals surface area (Å²) < 4.78 is 16.3. The zero-order chi connectivity index (χ0) is 15.5. The molecule has 1 fully saturated rings. The number of amides is 1. The number of likely N-dealkylation sites (tertiary alicyclic amines) is 1. The summed E-state index contributed by atoms with van der Waals surface area (Å²) >= 11 is 0. The molecule has 0 aliphatic carbocycles. The van der Waals surface area contributed by atoms with E-state index in [-0.39, 0.29) is 11.9 Å². The summed E-state index contributed by atoms with van der Waals surface area (Å²) in [4.78, 5) is 14.7. The molecule has 1 aromatic carbocycles. The number of rotatable bonds is 3. The van der Waals surface area contributed by atoms with E-state index in [1.165, 1.54) is 0 Å². The standard InChI is InChI=1S/C17H21NO4/c1-12-16(22-10-9-21-12)17(19)18-8-4-7-15(18)13-5-3-6-14(11-13)20-2/h3,5-6,11,15H,4,7-10H2,1-2H3. The number of carbonyl (C=O) groups excluding carboxylic acids is 1. The van der Waals surface area contributed by atoms with Crippen LogP contribution in [0.5, 0.6) is 5.75 Å². The summed E-state index contributed by atoms with van der Waals surface area (Å²) in [5, 5.41) is 0. The Labute approximate surface area is 130 Å². The minimum absolute atomic E-state index is 0.0634. The van der Waals surface area contributed by atoms with Crippen LogP contribution in [-0.2, 0) is 14.3 Å². The van der Waals surface area contributed by atoms with Gasteiger partial charge in [0, 0.05) is 6.54 Å². The van der Waals surface area contributed by atoms with Crippen molar-refractivity contribution in [2.24, 2.45) is 0 Å². The lowest BCUT2D eigenvalue weighted by Crippen LogP contribution is -2.34. The molecule has 22 heavy (non-hydrogen) atoms. The second-order valence-corrected chi connectivity index (χ2v) is 5.52. The third-order valence-electron chi connectivity index (χ3n) is 4.15. The van der Waals surface area contributed by atoms with Gasteiger partial charge in [-0.25, -0.2) is 0 Å². The van der Waals surface area contributed by atoms with Crippen LogP contribution < -0.4 is 4.74 Å². The summed E-state index contributed by atoms with van der Waals surface area (Å²) in [5.41, 5.74) is 1.10. The molecule has 1 saturated heterocycles. The summed E-state index contributed by atoms with van der Waals surface area (Å²) in [6.07, 6.45) is 1.94. The Balaban J connectivity index is 1.85. The van der Waals surface area contributed by atoms with Gasteiger partial charge in [0.25, 0.3) is 5.91 Å². The first-order valence-electron chi connectivity index (χ1n) is 7.62. The van der Waals surface area contributed by atoms with Gasteiger partial charge in [-0.1, -0.05) is 12.1 Å². The third kappa shape index (κ3) is 2.75. The molecule has 1 amide bonds. The van der Waals surface area contributed by atoms with Crippen molar-refractivity contribution in [3.05, 3.63) is 41.3 Å². The molecule has 0 spiro atoms. The van der Waals surface area contributed by atoms with Gasteiger partial charge in [-0.2, -0.15) is 0 Å². The van der Waals surface area contributed by atoms with Crippen LogP contribution in [0.1, 0.15) is 31.4 Å². The maximum atomic E-state index is 12.8. The van der Waals surface area contributed by atoms with Crippen molar-refractivity contribution < 1.29 is 19.0 Å². The van der Waals surface area contributed by atoms with Crippen molar-refractivity contribution in [3.8, 4) is 5.75 Å². The fourth-order valence-corrected chi connectivity index (χ4v) is 3.05. The van der Waals surface area contributed by atoms with Crippen LogP contribution in [0.15, 0.2) is 35.8 Å². The first-order valence-corrected chi connectivity index (χ1v) is 7.62. The van der Waals surface area contributed by atoms with E-state index in [2.05, 4.69) is 0 Å². The highest BCUT2D eigenvalue weighted by atomic mass is 16.6. The van der Waals surface area contributed by atoms with E-state index in [9.17, 15) is 4.79 Å². The Morgan fingerprint density at radius 3 is 2.91 bits per heavy atom. The number of carbonyl (C=O) groups is 1. The van der Waals surface area contributed by atoms with Gasteiger partial charge in [-0.05, 0) is 37.5 Å². The van der Waals surface area contributed by atoms with Gasteiger partial charge in [0.2, 0.25) is 5.76 Å². The minimum Gasteiger partial charge on any atom is -0.497 e. The topological polar surface area (TPSA) is 48.0 Å². The molecule has 0 aromatic heterocycles. The number of ether oxygens (including phenoxy) is 3. The Morgan fingerprint density at radius 2 is 2.14 bits per heavy atom. The molecular formula is C17H21NO4. The average molecular weight is 303 g/mol. The molecule has 5 heteroatoms. The summed E-state index contributed by atoms with van der Waals surface area (Å²) in [6, 6.07) is 7.97. The van der Waals surface area contributed by atoms with E-state index in [0.717, 1.165) is 30.7 Å². The van der Waals surface area contributed by atoms with Crippen molar-refractivity contribution in [1.82, 2.24) is 4.90 Å². The number of allylic oxidation sites excluding steroid dienone is 1. The maximum absolute atomic E-state index is 12.8. The van der Waals surface area contributed by atoms with Gasteiger partial charge in [0.05, 0.1) is 13.2 Å². The fraction of sp³-hybridized carbons (Fsp3) is 0.471. The first-order chi connectivity index (χ1) is 10.7. The number of benzene rings is 1. The number of nitrogens with zero attached hydrogens (tertiary/aromatic N) is 1. The van der Waals surface area contributed by atoms with Crippen LogP contribution in [0.4, 0.5) is 0 Å². The van der Waals surface area contributed by atoms with E-state index in [1.54, 1.807) is 14.0 Å². The zero-order valence-electron chi connectivity index (χ0n) is 13.0. The highest BCUT2D eigenvalue weighted by molar-refractivity contribution is 5.92. The largest absolute Gasteiger partial charge is 0.497 e. The minimum atomic E-state index is -0.0810. The van der Waals surface area contributed by atoms with Crippen molar-refractivity contribution in [1.29, 1.82) is 0 Å². The number of hydrogen-bond donors (Lipinski definition) is 0. The second kappa shape index (κ2) is 6.30. The van der Waals surface area contributed by atoms with E-state index < -0.39 is 0 Å². The summed E-state index contributed by atoms with van der Waals surface area (Å²) in [5.74, 6) is 1.65. The molecule has 118 valence electrons. The van der Waals surface area contributed by atoms with E-state index in [4.69, 9.17) is 14.2 Å². The predicted octanol–water partition coefficient (Wildman–Crippen LogP) is 2.64. The van der Waals surface area contributed by atoms with Crippen LogP contribution in [0.25, 0.3) is 0 Å². The molecule has 1 aromatic rings. The monoisotopic (exact) mass is 303 g/mol. The van der Waals surface area contributed by atoms with Crippen LogP contribution in [0, 0.1) is 0 Å². The van der Waals surface area contributed by atoms with Crippen LogP contribution >= 0.6 is 0 Å². The van der Waals surface area contributed by atoms with Crippen molar-refractivity contribution in [3.63, 3.8) is 0 Å². The summed E-state index contributed by atoms with van der Waals surface area (Å²) in [7, 11) is 1.65. The molecular weight excluding hydrogens is 282 g/mol. The van der Waals surface area contributed by atoms with Crippen LogP contribution in [-0.4, -0.2) is 37.7 Å². The molecule has 5 nitrogen and oxygen atoms in total. The van der Waals surface area contributed by atoms with Gasteiger partial charge in [-0.3, -0.25) is 4.79 Å². The quantitative estimate of drug-likeness (QED) is 0.861. The molecule has 0 N–H and O–H groups in total. The molecule has 0 bridgehead atoms. The molecule has 1 unspecified atom stereocenters. The average Bonchev–Trinajstić information content (AvgIpc) is 3.04. The van der Waals surface area contributed by atoms with Gasteiger partial charge in [0.15, 0.2) is 0 Å². The number of methoxy groups -OCH3 is 1. The Bertz CT molecular complexity index is 596. The van der Waals surface area contributed by atoms with Crippen LogP contribution in [0.2, 0.25) is 0 Å². The predicted molar refractivity (Wildman–Crippen MR) is 81.3 cm³/mol. The Kier molecular flexibility index (Phi) is 4.22. The van der Waals surface area contributed by atoms with Crippen molar-refractivity contribution in [2.45, 2.75) is 25.8 Å². The third-order valence-corrected chi connectivity index (χ3v) is 4.15. The molecule has 2 aliphatic rings. The summed E-state index contributed by atoms with van der Waals surface area (Å²) in [6.45, 7) is 3.45. The second-order valence-electron chi connectivity index (χ2n) is 5.52. The van der Waals surface area contributed by atoms with Gasteiger partial charge in [-0.15, -0.1) is 0 Å². The highest BCUT2D eigenvalue weighted by Crippen LogP contribution is 2.35. The Morgan fingerprint density at radius 1 is 1.32 bits per heavy atom. The molecule has 1 atom stereocenters. The first kappa shape index (κ1) is 14.8. The molecule has 3 rings (SSSR count). The van der Waals surface area contributed by atoms with Gasteiger partial charge < -0.3 is 19.1 Å². The SMILES string of the molecule is COc1cccc(C2CCCN2C(=O)C2=C(C)OCCO2)c1. The molecule has 2 heterocycles. The smallest absolute Gasteiger partial charge is 0.293 e. The number of hydrogen-bond acceptors (Lipinski definition) is 4. The highest BCUT2D eigenvalue weighted by Gasteiger charge is 2.34. The molecule has 2 aliphatic heterocycles. The maximum Gasteiger partial charge on any atom is 0.293 e. The van der Waals surface area contributed by atoms with Crippen molar-refractivity contribution in [2.75, 3.05) is 26.9 Å². The van der Waals surface area contributed by atoms with Crippen molar-refractivity contribution >= 4 is 5.91 Å². The molecule has 0 radical (unpaired) electrons. The molecule has 0 saturated carbocycles. The lowest BCUT2D eigenvalue weighted by atomic mass is 10.0. The van der Waals surface area contributed by atoms with Gasteiger partial charge in [0.1, 0.15) is 24.7 Å². The van der Waals surface area contributed by atoms with E-state index in [0.29, 0.717) is 24.7 Å². The van der Waals surface area contributed by atoms with E-state index in [1.807, 2.05) is 29.2 Å². The fourth-order valence-electron chi connectivity index (χ4n) is 3.05. The Hall–Kier alpha value is -2.17. The zero-order valence-corrected chi connectivity index (χ0v) is 13.0. The van der Waals surface area contributed by atoms with E-state index >= 15 is 0 Å². The van der Waals surface area contributed by atoms with Crippen LogP contribution in [0.3, 0.4) is 0 Å².